The van der Waals surface area contributed by atoms with Crippen molar-refractivity contribution in [2.24, 2.45) is 23.2 Å². The molecule has 2 saturated heterocycles. The number of amides is 2. The molecule has 0 aromatic heterocycles. The van der Waals surface area contributed by atoms with Crippen LogP contribution in [0.4, 0.5) is 5.69 Å². The van der Waals surface area contributed by atoms with E-state index in [4.69, 9.17) is 9.57 Å². The zero-order valence-electron chi connectivity index (χ0n) is 29.9. The Bertz CT molecular complexity index is 1580. The van der Waals surface area contributed by atoms with Crippen LogP contribution < -0.4 is 20.3 Å². The van der Waals surface area contributed by atoms with Crippen LogP contribution in [-0.4, -0.2) is 110 Å². The molecule has 5 aliphatic rings. The molecule has 0 radical (unpaired) electrons. The highest BCUT2D eigenvalue weighted by Crippen LogP contribution is 2.58. The zero-order valence-corrected chi connectivity index (χ0v) is 29.9. The van der Waals surface area contributed by atoms with E-state index in [1.54, 1.807) is 19.1 Å². The van der Waals surface area contributed by atoms with E-state index in [1.165, 1.54) is 5.57 Å². The number of rotatable bonds is 10. The van der Waals surface area contributed by atoms with Gasteiger partial charge in [-0.05, 0) is 54.4 Å². The van der Waals surface area contributed by atoms with Crippen LogP contribution in [0.2, 0.25) is 0 Å². The summed E-state index contributed by atoms with van der Waals surface area (Å²) in [5.74, 6) is 0.465. The smallest absolute Gasteiger partial charge is 0.254 e. The van der Waals surface area contributed by atoms with Crippen molar-refractivity contribution in [3.63, 3.8) is 0 Å². The molecule has 2 amide bonds. The number of methoxy groups -OCH3 is 1. The summed E-state index contributed by atoms with van der Waals surface area (Å²) in [7, 11) is 5.51. The molecule has 49 heavy (non-hydrogen) atoms. The minimum Gasteiger partial charge on any atom is -0.496 e. The van der Waals surface area contributed by atoms with Gasteiger partial charge >= 0.3 is 0 Å². The van der Waals surface area contributed by atoms with Gasteiger partial charge < -0.3 is 35.4 Å². The SMILES string of the molecule is COc1c(CN2O[C@@H](CO)[C@@H]([C@H](C)O)[C@H]2C(=O)N[C@H]2C=C3C[C@@H]([C@@H]2C)C3(C)C)cccc1-c1cc(C(=O)N2CCNCC2)cc(N(C)C)c1. The van der Waals surface area contributed by atoms with Crippen molar-refractivity contribution in [1.29, 1.82) is 0 Å². The molecule has 4 N–H and O–H groups in total. The van der Waals surface area contributed by atoms with E-state index in [0.29, 0.717) is 30.3 Å². The number of hydrogen-bond donors (Lipinski definition) is 4. The number of carbonyl (C=O) groups is 2. The standard InChI is InChI=1S/C38H53N5O6/c1-22-30-18-27(38(30,3)4)19-31(22)40-36(46)34-33(23(2)45)32(21-44)49-43(34)20-24-9-8-10-29(35(24)48-7)25-15-26(17-28(16-25)41(5)6)37(47)42-13-11-39-12-14-42/h8-10,15-17,19,22-23,30-34,39,44-45H,11-14,18,20-21H2,1-7H3,(H,40,46)/t22-,23-,30-,31-,32-,33+,34-/m0/s1. The second-order valence-corrected chi connectivity index (χ2v) is 15.0. The van der Waals surface area contributed by atoms with Gasteiger partial charge in [0.1, 0.15) is 17.9 Å². The van der Waals surface area contributed by atoms with Crippen LogP contribution in [0.3, 0.4) is 0 Å². The van der Waals surface area contributed by atoms with Gasteiger partial charge in [0, 0.05) is 68.6 Å². The monoisotopic (exact) mass is 675 g/mol. The average molecular weight is 676 g/mol. The first-order chi connectivity index (χ1) is 23.3. The minimum atomic E-state index is -0.902. The third kappa shape index (κ3) is 6.59. The molecule has 2 aromatic rings. The minimum absolute atomic E-state index is 0.0103. The quantitative estimate of drug-likeness (QED) is 0.281. The van der Waals surface area contributed by atoms with E-state index in [9.17, 15) is 19.8 Å². The van der Waals surface area contributed by atoms with Crippen molar-refractivity contribution in [3.05, 3.63) is 59.2 Å². The van der Waals surface area contributed by atoms with Crippen molar-refractivity contribution in [3.8, 4) is 16.9 Å². The molecule has 266 valence electrons. The van der Waals surface area contributed by atoms with Crippen molar-refractivity contribution in [2.75, 3.05) is 58.9 Å². The number of hydroxylamine groups is 2. The van der Waals surface area contributed by atoms with Gasteiger partial charge in [-0.2, -0.15) is 5.06 Å². The number of benzene rings is 2. The Kier molecular flexibility index (Phi) is 10.1. The summed E-state index contributed by atoms with van der Waals surface area (Å²) in [4.78, 5) is 37.9. The maximum Gasteiger partial charge on any atom is 0.254 e. The molecule has 2 heterocycles. The van der Waals surface area contributed by atoms with Crippen LogP contribution >= 0.6 is 0 Å². The van der Waals surface area contributed by atoms with Crippen LogP contribution in [0, 0.1) is 23.2 Å². The van der Waals surface area contributed by atoms with Gasteiger partial charge in [0.05, 0.1) is 32.4 Å². The Labute approximate surface area is 290 Å². The van der Waals surface area contributed by atoms with Gasteiger partial charge in [0.25, 0.3) is 5.91 Å². The molecule has 3 fully saturated rings. The number of nitrogens with one attached hydrogen (secondary N) is 2. The van der Waals surface area contributed by atoms with Crippen LogP contribution in [0.25, 0.3) is 11.1 Å². The second-order valence-electron chi connectivity index (χ2n) is 15.0. The Morgan fingerprint density at radius 1 is 1.18 bits per heavy atom. The average Bonchev–Trinajstić information content (AvgIpc) is 3.47. The molecule has 2 bridgehead atoms. The van der Waals surface area contributed by atoms with Gasteiger partial charge in [-0.15, -0.1) is 0 Å². The first-order valence-electron chi connectivity index (χ1n) is 17.6. The van der Waals surface area contributed by atoms with E-state index in [0.717, 1.165) is 41.9 Å². The van der Waals surface area contributed by atoms with Crippen LogP contribution in [0.1, 0.15) is 50.0 Å². The number of anilines is 1. The van der Waals surface area contributed by atoms with Gasteiger partial charge in [0.2, 0.25) is 5.91 Å². The molecule has 2 aliphatic heterocycles. The molecule has 7 atom stereocenters. The molecule has 7 rings (SSSR count). The highest BCUT2D eigenvalue weighted by molar-refractivity contribution is 5.97. The van der Waals surface area contributed by atoms with Crippen molar-refractivity contribution in [1.82, 2.24) is 20.6 Å². The number of aliphatic hydroxyl groups excluding tert-OH is 2. The molecule has 0 unspecified atom stereocenters. The Balaban J connectivity index is 1.32. The summed E-state index contributed by atoms with van der Waals surface area (Å²) in [6.07, 6.45) is 1.62. The van der Waals surface area contributed by atoms with E-state index in [1.807, 2.05) is 60.3 Å². The molecule has 3 aliphatic carbocycles. The lowest BCUT2D eigenvalue weighted by Gasteiger charge is -2.56. The third-order valence-electron chi connectivity index (χ3n) is 11.5. The number of nitrogens with zero attached hydrogens (tertiary/aromatic N) is 3. The molecule has 0 spiro atoms. The lowest BCUT2D eigenvalue weighted by molar-refractivity contribution is -0.182. The summed E-state index contributed by atoms with van der Waals surface area (Å²) >= 11 is 0. The molecule has 11 heteroatoms. The van der Waals surface area contributed by atoms with Crippen LogP contribution in [0.15, 0.2) is 48.0 Å². The molecule has 11 nitrogen and oxygen atoms in total. The molecule has 2 aromatic carbocycles. The lowest BCUT2D eigenvalue weighted by Crippen LogP contribution is -2.57. The topological polar surface area (TPSA) is 127 Å². The van der Waals surface area contributed by atoms with Crippen molar-refractivity contribution >= 4 is 17.5 Å². The maximum atomic E-state index is 14.2. The van der Waals surface area contributed by atoms with Gasteiger partial charge in [-0.1, -0.05) is 50.6 Å². The predicted octanol–water partition coefficient (Wildman–Crippen LogP) is 3.05. The Morgan fingerprint density at radius 3 is 2.53 bits per heavy atom. The largest absolute Gasteiger partial charge is 0.496 e. The second kappa shape index (κ2) is 14.0. The number of allylic oxidation sites excluding steroid dienone is 1. The fourth-order valence-corrected chi connectivity index (χ4v) is 8.45. The molecular weight excluding hydrogens is 622 g/mol. The number of hydrogen-bond acceptors (Lipinski definition) is 9. The first kappa shape index (κ1) is 35.3. The van der Waals surface area contributed by atoms with E-state index in [2.05, 4.69) is 37.5 Å². The van der Waals surface area contributed by atoms with Gasteiger partial charge in [-0.3, -0.25) is 14.4 Å². The normalized spacial score (nSPS) is 28.3. The Morgan fingerprint density at radius 2 is 1.92 bits per heavy atom. The first-order valence-corrected chi connectivity index (χ1v) is 17.6. The number of piperazine rings is 1. The highest BCUT2D eigenvalue weighted by atomic mass is 16.7. The number of ether oxygens (including phenoxy) is 1. The van der Waals surface area contributed by atoms with Gasteiger partial charge in [0.15, 0.2) is 0 Å². The zero-order chi connectivity index (χ0) is 35.2. The number of aliphatic hydroxyl groups is 2. The number of para-hydroxylation sites is 1. The van der Waals surface area contributed by atoms with Crippen LogP contribution in [0.5, 0.6) is 5.75 Å². The summed E-state index contributed by atoms with van der Waals surface area (Å²) < 4.78 is 6.05. The summed E-state index contributed by atoms with van der Waals surface area (Å²) in [5.41, 5.74) is 5.42. The van der Waals surface area contributed by atoms with E-state index >= 15 is 0 Å². The fraction of sp³-hybridized carbons (Fsp3) is 0.579. The van der Waals surface area contributed by atoms with Crippen molar-refractivity contribution < 1.29 is 29.4 Å². The lowest BCUT2D eigenvalue weighted by atomic mass is 9.50. The summed E-state index contributed by atoms with van der Waals surface area (Å²) in [5, 5.41) is 29.4. The highest BCUT2D eigenvalue weighted by Gasteiger charge is 2.53. The fourth-order valence-electron chi connectivity index (χ4n) is 8.45. The number of fused-ring (bicyclic) bond motifs is 2. The predicted molar refractivity (Wildman–Crippen MR) is 189 cm³/mol. The summed E-state index contributed by atoms with van der Waals surface area (Å²) in [6, 6.07) is 10.7. The molecular formula is C38H53N5O6. The molecule has 1 saturated carbocycles. The van der Waals surface area contributed by atoms with E-state index < -0.39 is 24.2 Å². The van der Waals surface area contributed by atoms with Crippen molar-refractivity contribution in [2.45, 2.75) is 65.0 Å². The van der Waals surface area contributed by atoms with E-state index in [-0.39, 0.29) is 42.3 Å². The number of carbonyl (C=O) groups excluding carboxylic acids is 2. The van der Waals surface area contributed by atoms with Gasteiger partial charge in [-0.25, -0.2) is 0 Å². The van der Waals surface area contributed by atoms with Crippen LogP contribution in [-0.2, 0) is 16.2 Å². The maximum absolute atomic E-state index is 14.2. The third-order valence-corrected chi connectivity index (χ3v) is 11.5. The Hall–Kier alpha value is -3.48. The summed E-state index contributed by atoms with van der Waals surface area (Å²) in [6.45, 7) is 11.1.